The van der Waals surface area contributed by atoms with E-state index in [2.05, 4.69) is 30.0 Å². The van der Waals surface area contributed by atoms with E-state index >= 15 is 0 Å². The van der Waals surface area contributed by atoms with E-state index in [1.54, 1.807) is 20.1 Å². The number of Topliss-reactive ketones (excluding diaryl/α,β-unsaturated/α-hetero) is 1. The van der Waals surface area contributed by atoms with Crippen LogP contribution in [0.4, 0.5) is 5.69 Å². The van der Waals surface area contributed by atoms with Gasteiger partial charge >= 0.3 is 0 Å². The van der Waals surface area contributed by atoms with Gasteiger partial charge in [-0.05, 0) is 49.7 Å². The first-order chi connectivity index (χ1) is 10.0. The van der Waals surface area contributed by atoms with Gasteiger partial charge in [0.2, 0.25) is 0 Å². The Hall–Kier alpha value is -2.29. The van der Waals surface area contributed by atoms with Crippen LogP contribution in [0.2, 0.25) is 0 Å². The summed E-state index contributed by atoms with van der Waals surface area (Å²) in [6.07, 6.45) is 0. The number of nitrogens with zero attached hydrogens (tertiary/aromatic N) is 1. The number of ketones is 1. The van der Waals surface area contributed by atoms with Crippen molar-refractivity contribution in [3.05, 3.63) is 59.2 Å². The third-order valence-electron chi connectivity index (χ3n) is 3.54. The highest BCUT2D eigenvalue weighted by molar-refractivity contribution is 5.94. The number of hydrogen-bond donors (Lipinski definition) is 0. The summed E-state index contributed by atoms with van der Waals surface area (Å²) in [5.41, 5.74) is 4.09. The Kier molecular flexibility index (Phi) is 4.63. The number of aryl methyl sites for hydroxylation is 1. The molecule has 2 aromatic rings. The minimum Gasteiger partial charge on any atom is -0.496 e. The molecule has 0 heterocycles. The minimum absolute atomic E-state index is 0.0668. The summed E-state index contributed by atoms with van der Waals surface area (Å²) in [5.74, 6) is 0.872. The maximum absolute atomic E-state index is 11.5. The highest BCUT2D eigenvalue weighted by atomic mass is 16.5. The molecule has 0 spiro atoms. The summed E-state index contributed by atoms with van der Waals surface area (Å²) in [4.78, 5) is 13.7. The predicted octanol–water partition coefficient (Wildman–Crippen LogP) is 3.84. The van der Waals surface area contributed by atoms with Crippen molar-refractivity contribution in [2.75, 3.05) is 19.1 Å². The molecule has 0 aliphatic rings. The Labute approximate surface area is 126 Å². The topological polar surface area (TPSA) is 29.5 Å². The van der Waals surface area contributed by atoms with Crippen LogP contribution in [0.3, 0.4) is 0 Å². The van der Waals surface area contributed by atoms with Crippen LogP contribution in [0.25, 0.3) is 0 Å². The summed E-state index contributed by atoms with van der Waals surface area (Å²) in [6.45, 7) is 4.35. The molecule has 3 heteroatoms. The summed E-state index contributed by atoms with van der Waals surface area (Å²) >= 11 is 0. The monoisotopic (exact) mass is 283 g/mol. The molecule has 0 fully saturated rings. The van der Waals surface area contributed by atoms with E-state index in [0.29, 0.717) is 12.1 Å². The normalized spacial score (nSPS) is 10.3. The third-order valence-corrected chi connectivity index (χ3v) is 3.54. The summed E-state index contributed by atoms with van der Waals surface area (Å²) in [7, 11) is 3.69. The molecule has 0 aromatic heterocycles. The van der Waals surface area contributed by atoms with Gasteiger partial charge in [0.15, 0.2) is 5.78 Å². The lowest BCUT2D eigenvalue weighted by molar-refractivity contribution is 0.101. The first kappa shape index (κ1) is 15.1. The Bertz CT molecular complexity index is 649. The molecule has 0 unspecified atom stereocenters. The Morgan fingerprint density at radius 3 is 2.57 bits per heavy atom. The van der Waals surface area contributed by atoms with Crippen molar-refractivity contribution >= 4 is 11.5 Å². The van der Waals surface area contributed by atoms with Gasteiger partial charge in [-0.25, -0.2) is 0 Å². The first-order valence-electron chi connectivity index (χ1n) is 6.97. The van der Waals surface area contributed by atoms with Crippen molar-refractivity contribution in [2.45, 2.75) is 20.4 Å². The highest BCUT2D eigenvalue weighted by Crippen LogP contribution is 2.24. The summed E-state index contributed by atoms with van der Waals surface area (Å²) < 4.78 is 5.40. The molecule has 0 amide bonds. The maximum Gasteiger partial charge on any atom is 0.159 e. The van der Waals surface area contributed by atoms with Gasteiger partial charge in [0, 0.05) is 30.4 Å². The van der Waals surface area contributed by atoms with Gasteiger partial charge in [0.1, 0.15) is 5.75 Å². The Balaban J connectivity index is 2.29. The molecule has 0 N–H and O–H groups in total. The molecule has 0 saturated carbocycles. The van der Waals surface area contributed by atoms with E-state index in [9.17, 15) is 4.79 Å². The predicted molar refractivity (Wildman–Crippen MR) is 86.3 cm³/mol. The lowest BCUT2D eigenvalue weighted by atomic mass is 10.1. The van der Waals surface area contributed by atoms with Crippen LogP contribution < -0.4 is 9.64 Å². The standard InChI is InChI=1S/C18H21NO2/c1-13-6-5-7-17(10-13)19(3)12-16-11-15(14(2)20)8-9-18(16)21-4/h5-11H,12H2,1-4H3. The quantitative estimate of drug-likeness (QED) is 0.781. The second kappa shape index (κ2) is 6.44. The number of methoxy groups -OCH3 is 1. The second-order valence-electron chi connectivity index (χ2n) is 5.28. The minimum atomic E-state index is 0.0668. The fraction of sp³-hybridized carbons (Fsp3) is 0.278. The van der Waals surface area contributed by atoms with E-state index in [1.165, 1.54) is 5.56 Å². The average Bonchev–Trinajstić information content (AvgIpc) is 2.47. The number of benzene rings is 2. The Morgan fingerprint density at radius 1 is 1.19 bits per heavy atom. The molecule has 21 heavy (non-hydrogen) atoms. The van der Waals surface area contributed by atoms with Crippen LogP contribution in [0, 0.1) is 6.92 Å². The van der Waals surface area contributed by atoms with Gasteiger partial charge in [-0.2, -0.15) is 0 Å². The molecule has 2 aromatic carbocycles. The molecule has 0 aliphatic heterocycles. The summed E-state index contributed by atoms with van der Waals surface area (Å²) in [6, 6.07) is 13.9. The van der Waals surface area contributed by atoms with Crippen LogP contribution in [-0.4, -0.2) is 19.9 Å². The van der Waals surface area contributed by atoms with Crippen LogP contribution in [0.15, 0.2) is 42.5 Å². The molecule has 2 rings (SSSR count). The van der Waals surface area contributed by atoms with Crippen molar-refractivity contribution < 1.29 is 9.53 Å². The molecule has 3 nitrogen and oxygen atoms in total. The SMILES string of the molecule is COc1ccc(C(C)=O)cc1CN(C)c1cccc(C)c1. The largest absolute Gasteiger partial charge is 0.496 e. The van der Waals surface area contributed by atoms with Crippen LogP contribution in [-0.2, 0) is 6.54 Å². The number of carbonyl (C=O) groups excluding carboxylic acids is 1. The van der Waals surface area contributed by atoms with E-state index in [0.717, 1.165) is 17.0 Å². The first-order valence-corrected chi connectivity index (χ1v) is 6.97. The fourth-order valence-electron chi connectivity index (χ4n) is 2.33. The molecule has 0 saturated heterocycles. The third kappa shape index (κ3) is 3.63. The van der Waals surface area contributed by atoms with Gasteiger partial charge in [-0.3, -0.25) is 4.79 Å². The molecule has 0 atom stereocenters. The zero-order valence-corrected chi connectivity index (χ0v) is 13.0. The van der Waals surface area contributed by atoms with E-state index < -0.39 is 0 Å². The summed E-state index contributed by atoms with van der Waals surface area (Å²) in [5, 5.41) is 0. The van der Waals surface area contributed by atoms with Crippen molar-refractivity contribution in [2.24, 2.45) is 0 Å². The number of ether oxygens (including phenoxy) is 1. The van der Waals surface area contributed by atoms with Gasteiger partial charge < -0.3 is 9.64 Å². The van der Waals surface area contributed by atoms with Crippen LogP contribution in [0.5, 0.6) is 5.75 Å². The smallest absolute Gasteiger partial charge is 0.159 e. The number of anilines is 1. The van der Waals surface area contributed by atoms with E-state index in [-0.39, 0.29) is 5.78 Å². The number of hydrogen-bond acceptors (Lipinski definition) is 3. The Morgan fingerprint density at radius 2 is 1.95 bits per heavy atom. The molecule has 0 radical (unpaired) electrons. The van der Waals surface area contributed by atoms with Crippen LogP contribution >= 0.6 is 0 Å². The molecule has 0 bridgehead atoms. The zero-order chi connectivity index (χ0) is 15.4. The van der Waals surface area contributed by atoms with E-state index in [4.69, 9.17) is 4.74 Å². The molecular weight excluding hydrogens is 262 g/mol. The lowest BCUT2D eigenvalue weighted by Crippen LogP contribution is -2.17. The van der Waals surface area contributed by atoms with Gasteiger partial charge in [-0.1, -0.05) is 12.1 Å². The maximum atomic E-state index is 11.5. The lowest BCUT2D eigenvalue weighted by Gasteiger charge is -2.21. The van der Waals surface area contributed by atoms with Gasteiger partial charge in [0.05, 0.1) is 7.11 Å². The second-order valence-corrected chi connectivity index (χ2v) is 5.28. The van der Waals surface area contributed by atoms with Crippen molar-refractivity contribution in [1.82, 2.24) is 0 Å². The van der Waals surface area contributed by atoms with Gasteiger partial charge in [0.25, 0.3) is 0 Å². The highest BCUT2D eigenvalue weighted by Gasteiger charge is 2.10. The van der Waals surface area contributed by atoms with Crippen molar-refractivity contribution in [3.63, 3.8) is 0 Å². The zero-order valence-electron chi connectivity index (χ0n) is 13.0. The fourth-order valence-corrected chi connectivity index (χ4v) is 2.33. The van der Waals surface area contributed by atoms with Crippen LogP contribution in [0.1, 0.15) is 28.4 Å². The number of carbonyl (C=O) groups is 1. The molecule has 110 valence electrons. The average molecular weight is 283 g/mol. The molecule has 0 aliphatic carbocycles. The van der Waals surface area contributed by atoms with E-state index in [1.807, 2.05) is 25.2 Å². The van der Waals surface area contributed by atoms with Crippen molar-refractivity contribution in [1.29, 1.82) is 0 Å². The van der Waals surface area contributed by atoms with Crippen molar-refractivity contribution in [3.8, 4) is 5.75 Å². The van der Waals surface area contributed by atoms with Gasteiger partial charge in [-0.15, -0.1) is 0 Å². The number of rotatable bonds is 5. The molecular formula is C18H21NO2.